The van der Waals surface area contributed by atoms with E-state index in [4.69, 9.17) is 0 Å². The zero-order valence-electron chi connectivity index (χ0n) is 11.0. The maximum atomic E-state index is 12.2. The van der Waals surface area contributed by atoms with Crippen molar-refractivity contribution in [1.82, 2.24) is 14.7 Å². The molecule has 0 radical (unpaired) electrons. The molecule has 1 atom stereocenters. The van der Waals surface area contributed by atoms with Gasteiger partial charge in [0.25, 0.3) is 0 Å². The van der Waals surface area contributed by atoms with Crippen LogP contribution in [0.1, 0.15) is 0 Å². The van der Waals surface area contributed by atoms with Gasteiger partial charge in [0.05, 0.1) is 17.5 Å². The molecule has 19 heavy (non-hydrogen) atoms. The van der Waals surface area contributed by atoms with Crippen molar-refractivity contribution in [3.63, 3.8) is 0 Å². The lowest BCUT2D eigenvalue weighted by Crippen LogP contribution is -2.49. The highest BCUT2D eigenvalue weighted by Crippen LogP contribution is 2.23. The summed E-state index contributed by atoms with van der Waals surface area (Å²) in [6.45, 7) is 0.0869. The number of likely N-dealkylation sites (N-methyl/N-ethyl adjacent to an activating group) is 1. The fourth-order valence-corrected chi connectivity index (χ4v) is 4.06. The molecule has 2 fully saturated rings. The van der Waals surface area contributed by atoms with Crippen molar-refractivity contribution in [3.8, 4) is 0 Å². The summed E-state index contributed by atoms with van der Waals surface area (Å²) < 4.78 is 0. The van der Waals surface area contributed by atoms with E-state index >= 15 is 0 Å². The third-order valence-electron chi connectivity index (χ3n) is 3.08. The zero-order chi connectivity index (χ0) is 14.0. The van der Waals surface area contributed by atoms with Gasteiger partial charge in [0.1, 0.15) is 12.6 Å². The molecule has 0 bridgehead atoms. The lowest BCUT2D eigenvalue weighted by molar-refractivity contribution is -0.144. The third-order valence-corrected chi connectivity index (χ3v) is 5.04. The normalized spacial score (nSPS) is 23.1. The smallest absolute Gasteiger partial charge is 0.245 e. The Bertz CT molecular complexity index is 403. The minimum Gasteiger partial charge on any atom is -0.347 e. The van der Waals surface area contributed by atoms with Gasteiger partial charge in [-0.25, -0.2) is 0 Å². The van der Waals surface area contributed by atoms with Crippen molar-refractivity contribution in [2.75, 3.05) is 43.9 Å². The number of amides is 3. The molecule has 2 aliphatic heterocycles. The van der Waals surface area contributed by atoms with E-state index < -0.39 is 6.04 Å². The van der Waals surface area contributed by atoms with Crippen molar-refractivity contribution in [2.24, 2.45) is 0 Å². The van der Waals surface area contributed by atoms with Gasteiger partial charge in [-0.2, -0.15) is 0 Å². The van der Waals surface area contributed by atoms with Crippen LogP contribution < -0.4 is 0 Å². The van der Waals surface area contributed by atoms with Crippen molar-refractivity contribution >= 4 is 41.2 Å². The summed E-state index contributed by atoms with van der Waals surface area (Å²) in [5.41, 5.74) is 0. The molecule has 6 nitrogen and oxygen atoms in total. The molecular formula is C11H17N3O3S2. The summed E-state index contributed by atoms with van der Waals surface area (Å²) in [5.74, 6) is 1.98. The molecule has 0 aliphatic carbocycles. The number of carbonyl (C=O) groups is 3. The quantitative estimate of drug-likeness (QED) is 0.704. The zero-order valence-corrected chi connectivity index (χ0v) is 12.6. The van der Waals surface area contributed by atoms with Crippen molar-refractivity contribution < 1.29 is 14.4 Å². The van der Waals surface area contributed by atoms with Gasteiger partial charge in [-0.15, -0.1) is 23.5 Å². The maximum absolute atomic E-state index is 12.2. The van der Waals surface area contributed by atoms with Crippen molar-refractivity contribution in [3.05, 3.63) is 0 Å². The second-order valence-electron chi connectivity index (χ2n) is 4.68. The van der Waals surface area contributed by atoms with E-state index in [0.29, 0.717) is 23.3 Å². The van der Waals surface area contributed by atoms with E-state index in [1.807, 2.05) is 0 Å². The third kappa shape index (κ3) is 3.17. The first-order chi connectivity index (χ1) is 9.00. The molecule has 0 N–H and O–H groups in total. The Hall–Kier alpha value is -0.890. The molecule has 0 aromatic heterocycles. The highest BCUT2D eigenvalue weighted by molar-refractivity contribution is 8.00. The van der Waals surface area contributed by atoms with E-state index in [2.05, 4.69) is 0 Å². The lowest BCUT2D eigenvalue weighted by Gasteiger charge is -2.27. The number of hydrogen-bond acceptors (Lipinski definition) is 5. The maximum Gasteiger partial charge on any atom is 0.245 e. The Balaban J connectivity index is 1.97. The van der Waals surface area contributed by atoms with Crippen LogP contribution in [0, 0.1) is 0 Å². The van der Waals surface area contributed by atoms with E-state index in [0.717, 1.165) is 0 Å². The summed E-state index contributed by atoms with van der Waals surface area (Å²) in [4.78, 5) is 40.4. The second kappa shape index (κ2) is 6.04. The Morgan fingerprint density at radius 1 is 1.32 bits per heavy atom. The molecule has 8 heteroatoms. The molecule has 0 spiro atoms. The van der Waals surface area contributed by atoms with Crippen LogP contribution in [0.25, 0.3) is 0 Å². The van der Waals surface area contributed by atoms with Gasteiger partial charge < -0.3 is 14.7 Å². The van der Waals surface area contributed by atoms with Crippen LogP contribution in [0.15, 0.2) is 0 Å². The molecule has 2 rings (SSSR count). The number of thioether (sulfide) groups is 2. The fourth-order valence-electron chi connectivity index (χ4n) is 1.99. The van der Waals surface area contributed by atoms with Crippen LogP contribution in [0.4, 0.5) is 0 Å². The average Bonchev–Trinajstić information content (AvgIpc) is 2.98. The van der Waals surface area contributed by atoms with Gasteiger partial charge in [0, 0.05) is 19.8 Å². The van der Waals surface area contributed by atoms with Gasteiger partial charge in [0.2, 0.25) is 17.7 Å². The van der Waals surface area contributed by atoms with Gasteiger partial charge in [-0.1, -0.05) is 0 Å². The summed E-state index contributed by atoms with van der Waals surface area (Å²) >= 11 is 3.08. The average molecular weight is 303 g/mol. The summed E-state index contributed by atoms with van der Waals surface area (Å²) in [7, 11) is 3.38. The minimum atomic E-state index is -0.391. The molecule has 0 saturated carbocycles. The summed E-state index contributed by atoms with van der Waals surface area (Å²) in [6, 6.07) is -0.391. The Morgan fingerprint density at radius 3 is 2.63 bits per heavy atom. The molecule has 0 unspecified atom stereocenters. The Labute approximate surface area is 120 Å². The van der Waals surface area contributed by atoms with Crippen LogP contribution in [0.3, 0.4) is 0 Å². The molecule has 106 valence electrons. The second-order valence-corrected chi connectivity index (χ2v) is 6.64. The summed E-state index contributed by atoms with van der Waals surface area (Å²) in [6.07, 6.45) is 0. The van der Waals surface area contributed by atoms with E-state index in [-0.39, 0.29) is 24.3 Å². The molecule has 0 aromatic carbocycles. The number of hydrogen-bond donors (Lipinski definition) is 0. The van der Waals surface area contributed by atoms with Crippen molar-refractivity contribution in [2.45, 2.75) is 6.04 Å². The minimum absolute atomic E-state index is 0.000635. The standard InChI is InChI=1S/C11H17N3O3S2/c1-12(2)11(17)8-4-18-7-14(8)9(15)3-13-6-19-5-10(13)16/h8H,3-7H2,1-2H3/t8-/m1/s1. The van der Waals surface area contributed by atoms with Crippen LogP contribution in [0.2, 0.25) is 0 Å². The van der Waals surface area contributed by atoms with Crippen LogP contribution >= 0.6 is 23.5 Å². The van der Waals surface area contributed by atoms with Gasteiger partial charge in [-0.3, -0.25) is 14.4 Å². The molecular weight excluding hydrogens is 286 g/mol. The molecule has 2 saturated heterocycles. The van der Waals surface area contributed by atoms with Crippen molar-refractivity contribution in [1.29, 1.82) is 0 Å². The van der Waals surface area contributed by atoms with E-state index in [1.54, 1.807) is 35.7 Å². The summed E-state index contributed by atoms with van der Waals surface area (Å²) in [5, 5.41) is 0. The highest BCUT2D eigenvalue weighted by Gasteiger charge is 2.36. The topological polar surface area (TPSA) is 60.9 Å². The monoisotopic (exact) mass is 303 g/mol. The lowest BCUT2D eigenvalue weighted by atomic mass is 10.2. The number of rotatable bonds is 3. The fraction of sp³-hybridized carbons (Fsp3) is 0.727. The predicted molar refractivity (Wildman–Crippen MR) is 75.7 cm³/mol. The Kier molecular flexibility index (Phi) is 4.62. The first-order valence-corrected chi connectivity index (χ1v) is 8.25. The number of nitrogens with zero attached hydrogens (tertiary/aromatic N) is 3. The van der Waals surface area contributed by atoms with Crippen LogP contribution in [0.5, 0.6) is 0 Å². The molecule has 2 heterocycles. The SMILES string of the molecule is CN(C)C(=O)[C@H]1CSCN1C(=O)CN1CSCC1=O. The largest absolute Gasteiger partial charge is 0.347 e. The molecule has 2 aliphatic rings. The molecule has 0 aromatic rings. The molecule has 3 amide bonds. The highest BCUT2D eigenvalue weighted by atomic mass is 32.2. The number of carbonyl (C=O) groups excluding carboxylic acids is 3. The van der Waals surface area contributed by atoms with Crippen LogP contribution in [-0.2, 0) is 14.4 Å². The van der Waals surface area contributed by atoms with Crippen LogP contribution in [-0.4, -0.2) is 82.4 Å². The van der Waals surface area contributed by atoms with E-state index in [1.165, 1.54) is 16.7 Å². The first kappa shape index (κ1) is 14.5. The van der Waals surface area contributed by atoms with Gasteiger partial charge in [0.15, 0.2) is 0 Å². The van der Waals surface area contributed by atoms with Gasteiger partial charge in [-0.05, 0) is 0 Å². The van der Waals surface area contributed by atoms with Gasteiger partial charge >= 0.3 is 0 Å². The predicted octanol–water partition coefficient (Wildman–Crippen LogP) is -0.491. The Morgan fingerprint density at radius 2 is 2.05 bits per heavy atom. The first-order valence-electron chi connectivity index (χ1n) is 5.94. The van der Waals surface area contributed by atoms with E-state index in [9.17, 15) is 14.4 Å².